The predicted molar refractivity (Wildman–Crippen MR) is 90.7 cm³/mol. The maximum atomic E-state index is 13.3. The van der Waals surface area contributed by atoms with Gasteiger partial charge in [0.1, 0.15) is 5.69 Å². The average molecular weight is 414 g/mol. The van der Waals surface area contributed by atoms with Gasteiger partial charge >= 0.3 is 5.38 Å². The molecule has 1 heterocycles. The van der Waals surface area contributed by atoms with Crippen LogP contribution in [0.25, 0.3) is 0 Å². The van der Waals surface area contributed by atoms with Gasteiger partial charge in [0, 0.05) is 16.3 Å². The number of benzene rings is 1. The molecule has 2 rings (SSSR count). The summed E-state index contributed by atoms with van der Waals surface area (Å²) < 4.78 is 26.6. The number of hydrogen-bond donors (Lipinski definition) is 2. The molecule has 0 saturated carbocycles. The standard InChI is InChI=1S/C14H9Cl3F2N2O2S/c15-8-2-1-6(4-20)11(16)12(8)24-9-3-10(14(17,18)19)21-13(23)7(9)5-22/h1-3,5H,4,20H2,(H,21,23). The van der Waals surface area contributed by atoms with E-state index in [1.807, 2.05) is 4.98 Å². The van der Waals surface area contributed by atoms with Gasteiger partial charge in [-0.2, -0.15) is 8.78 Å². The molecule has 0 unspecified atom stereocenters. The Morgan fingerprint density at radius 1 is 1.33 bits per heavy atom. The lowest BCUT2D eigenvalue weighted by atomic mass is 10.2. The highest BCUT2D eigenvalue weighted by Crippen LogP contribution is 2.42. The van der Waals surface area contributed by atoms with E-state index in [0.717, 1.165) is 17.8 Å². The second kappa shape index (κ2) is 7.41. The summed E-state index contributed by atoms with van der Waals surface area (Å²) in [5.41, 5.74) is 3.96. The predicted octanol–water partition coefficient (Wildman–Crippen LogP) is 4.39. The topological polar surface area (TPSA) is 76.0 Å². The van der Waals surface area contributed by atoms with E-state index in [4.69, 9.17) is 40.5 Å². The lowest BCUT2D eigenvalue weighted by Crippen LogP contribution is -2.20. The van der Waals surface area contributed by atoms with Crippen molar-refractivity contribution in [1.82, 2.24) is 4.98 Å². The van der Waals surface area contributed by atoms with Crippen molar-refractivity contribution < 1.29 is 13.6 Å². The van der Waals surface area contributed by atoms with Crippen LogP contribution < -0.4 is 11.3 Å². The van der Waals surface area contributed by atoms with Gasteiger partial charge in [-0.05, 0) is 29.3 Å². The first-order valence-corrected chi connectivity index (χ1v) is 8.28. The molecule has 1 aromatic heterocycles. The minimum absolute atomic E-state index is 0.0537. The minimum atomic E-state index is -3.80. The monoisotopic (exact) mass is 412 g/mol. The fourth-order valence-electron chi connectivity index (χ4n) is 1.83. The number of pyridine rings is 1. The summed E-state index contributed by atoms with van der Waals surface area (Å²) >= 11 is 18.0. The molecule has 0 aliphatic heterocycles. The number of H-pyrrole nitrogens is 1. The number of aromatic nitrogens is 1. The zero-order valence-electron chi connectivity index (χ0n) is 11.7. The average Bonchev–Trinajstić information content (AvgIpc) is 2.50. The van der Waals surface area contributed by atoms with Gasteiger partial charge in [0.2, 0.25) is 0 Å². The van der Waals surface area contributed by atoms with Gasteiger partial charge in [-0.15, -0.1) is 0 Å². The summed E-state index contributed by atoms with van der Waals surface area (Å²) in [7, 11) is 0. The number of rotatable bonds is 5. The Morgan fingerprint density at radius 3 is 2.54 bits per heavy atom. The van der Waals surface area contributed by atoms with Crippen molar-refractivity contribution >= 4 is 52.9 Å². The summed E-state index contributed by atoms with van der Waals surface area (Å²) in [6.07, 6.45) is 0.256. The quantitative estimate of drug-likeness (QED) is 0.563. The summed E-state index contributed by atoms with van der Waals surface area (Å²) in [5.74, 6) is 0. The van der Waals surface area contributed by atoms with Crippen LogP contribution in [0.15, 0.2) is 32.8 Å². The number of carbonyl (C=O) groups is 1. The van der Waals surface area contributed by atoms with E-state index in [1.165, 1.54) is 6.07 Å². The van der Waals surface area contributed by atoms with Crippen LogP contribution in [0.5, 0.6) is 0 Å². The third kappa shape index (κ3) is 3.92. The summed E-state index contributed by atoms with van der Waals surface area (Å²) in [6, 6.07) is 4.05. The molecule has 0 fully saturated rings. The van der Waals surface area contributed by atoms with Crippen LogP contribution in [-0.2, 0) is 11.9 Å². The van der Waals surface area contributed by atoms with Crippen LogP contribution in [0.1, 0.15) is 21.6 Å². The fourth-order valence-corrected chi connectivity index (χ4v) is 3.64. The maximum absolute atomic E-state index is 13.3. The van der Waals surface area contributed by atoms with Gasteiger partial charge < -0.3 is 10.7 Å². The zero-order chi connectivity index (χ0) is 18.1. The molecule has 0 bridgehead atoms. The van der Waals surface area contributed by atoms with Crippen molar-refractivity contribution in [2.45, 2.75) is 21.7 Å². The molecule has 4 nitrogen and oxygen atoms in total. The van der Waals surface area contributed by atoms with Crippen LogP contribution >= 0.6 is 46.6 Å². The van der Waals surface area contributed by atoms with E-state index in [-0.39, 0.29) is 33.3 Å². The Bertz CT molecular complexity index is 853. The Hall–Kier alpha value is -1.12. The Morgan fingerprint density at radius 2 is 2.00 bits per heavy atom. The van der Waals surface area contributed by atoms with E-state index < -0.39 is 16.6 Å². The van der Waals surface area contributed by atoms with Gasteiger partial charge in [-0.3, -0.25) is 9.59 Å². The van der Waals surface area contributed by atoms with Crippen LogP contribution in [-0.4, -0.2) is 11.3 Å². The van der Waals surface area contributed by atoms with Crippen LogP contribution in [0.3, 0.4) is 0 Å². The molecule has 0 amide bonds. The summed E-state index contributed by atoms with van der Waals surface area (Å²) in [5, 5.41) is -3.37. The molecule has 1 aromatic carbocycles. The number of nitrogens with one attached hydrogen (secondary N) is 1. The van der Waals surface area contributed by atoms with Crippen LogP contribution in [0.4, 0.5) is 8.78 Å². The van der Waals surface area contributed by atoms with E-state index in [0.29, 0.717) is 10.5 Å². The molecular weight excluding hydrogens is 405 g/mol. The molecule has 24 heavy (non-hydrogen) atoms. The lowest BCUT2D eigenvalue weighted by molar-refractivity contribution is 0.0891. The molecule has 0 atom stereocenters. The van der Waals surface area contributed by atoms with Crippen molar-refractivity contribution in [3.63, 3.8) is 0 Å². The second-order valence-corrected chi connectivity index (χ2v) is 6.87. The minimum Gasteiger partial charge on any atom is -0.326 e. The SMILES string of the molecule is NCc1ccc(Cl)c(Sc2cc(C(F)(F)Cl)[nH]c(=O)c2C=O)c1Cl. The Balaban J connectivity index is 2.64. The van der Waals surface area contributed by atoms with Crippen molar-refractivity contribution in [2.24, 2.45) is 5.73 Å². The highest BCUT2D eigenvalue weighted by molar-refractivity contribution is 7.99. The zero-order valence-corrected chi connectivity index (χ0v) is 14.8. The van der Waals surface area contributed by atoms with E-state index in [1.54, 1.807) is 6.07 Å². The van der Waals surface area contributed by atoms with Gasteiger partial charge in [0.25, 0.3) is 5.56 Å². The van der Waals surface area contributed by atoms with Crippen molar-refractivity contribution in [2.75, 3.05) is 0 Å². The normalized spacial score (nSPS) is 11.6. The number of aldehydes is 1. The Labute approximate surface area is 154 Å². The molecule has 0 aliphatic carbocycles. The van der Waals surface area contributed by atoms with Crippen molar-refractivity contribution in [1.29, 1.82) is 0 Å². The number of aromatic amines is 1. The largest absolute Gasteiger partial charge is 0.362 e. The number of carbonyl (C=O) groups excluding carboxylic acids is 1. The molecule has 0 aliphatic rings. The van der Waals surface area contributed by atoms with Gasteiger partial charge in [-0.25, -0.2) is 0 Å². The van der Waals surface area contributed by atoms with E-state index >= 15 is 0 Å². The molecule has 0 radical (unpaired) electrons. The second-order valence-electron chi connectivity index (χ2n) is 4.56. The Kier molecular flexibility index (Phi) is 5.93. The summed E-state index contributed by atoms with van der Waals surface area (Å²) in [4.78, 5) is 25.1. The number of halogens is 5. The lowest BCUT2D eigenvalue weighted by Gasteiger charge is -2.13. The summed E-state index contributed by atoms with van der Waals surface area (Å²) in [6.45, 7) is 0.129. The van der Waals surface area contributed by atoms with Gasteiger partial charge in [0.15, 0.2) is 6.29 Å². The van der Waals surface area contributed by atoms with Crippen molar-refractivity contribution in [3.8, 4) is 0 Å². The molecule has 128 valence electrons. The first-order chi connectivity index (χ1) is 11.2. The number of alkyl halides is 3. The highest BCUT2D eigenvalue weighted by atomic mass is 35.5. The van der Waals surface area contributed by atoms with Crippen molar-refractivity contribution in [3.05, 3.63) is 55.4 Å². The van der Waals surface area contributed by atoms with E-state index in [9.17, 15) is 18.4 Å². The molecular formula is C14H9Cl3F2N2O2S. The molecule has 2 aromatic rings. The van der Waals surface area contributed by atoms with Crippen LogP contribution in [0.2, 0.25) is 10.0 Å². The van der Waals surface area contributed by atoms with Gasteiger partial charge in [-0.1, -0.05) is 41.0 Å². The smallest absolute Gasteiger partial charge is 0.326 e. The fraction of sp³-hybridized carbons (Fsp3) is 0.143. The maximum Gasteiger partial charge on any atom is 0.362 e. The third-order valence-electron chi connectivity index (χ3n) is 3.02. The molecule has 10 heteroatoms. The number of nitrogens with two attached hydrogens (primary N) is 1. The molecule has 0 spiro atoms. The molecule has 3 N–H and O–H groups in total. The number of hydrogen-bond acceptors (Lipinski definition) is 4. The molecule has 0 saturated heterocycles. The first kappa shape index (κ1) is 19.2. The first-order valence-electron chi connectivity index (χ1n) is 6.33. The van der Waals surface area contributed by atoms with Gasteiger partial charge in [0.05, 0.1) is 15.6 Å². The highest BCUT2D eigenvalue weighted by Gasteiger charge is 2.31. The third-order valence-corrected chi connectivity index (χ3v) is 5.38. The van der Waals surface area contributed by atoms with E-state index in [2.05, 4.69) is 0 Å². The van der Waals surface area contributed by atoms with Crippen LogP contribution in [0, 0.1) is 0 Å².